The van der Waals surface area contributed by atoms with Crippen LogP contribution in [-0.2, 0) is 4.79 Å². The number of alkyl halides is 3. The molecule has 0 aliphatic carbocycles. The average molecular weight is 389 g/mol. The molecule has 2 heterocycles. The number of H-pyrrole nitrogens is 1. The Balaban J connectivity index is 1.58. The summed E-state index contributed by atoms with van der Waals surface area (Å²) in [6.07, 6.45) is 1.75. The Morgan fingerprint density at radius 1 is 1.29 bits per heavy atom. The van der Waals surface area contributed by atoms with Crippen molar-refractivity contribution in [1.29, 1.82) is 0 Å². The van der Waals surface area contributed by atoms with Crippen LogP contribution in [0.4, 0.5) is 13.2 Å². The van der Waals surface area contributed by atoms with Gasteiger partial charge in [0.25, 0.3) is 0 Å². The number of carbonyl (C=O) groups is 1. The third kappa shape index (κ3) is 5.12. The van der Waals surface area contributed by atoms with Gasteiger partial charge in [-0.2, -0.15) is 13.2 Å². The van der Waals surface area contributed by atoms with Gasteiger partial charge in [-0.3, -0.25) is 9.78 Å². The molecule has 0 bridgehead atoms. The molecule has 0 fully saturated rings. The Hall–Kier alpha value is -3.29. The predicted octanol–water partition coefficient (Wildman–Crippen LogP) is 4.39. The molecule has 2 N–H and O–H groups in total. The monoisotopic (exact) mass is 389 g/mol. The molecule has 1 amide bonds. The first-order chi connectivity index (χ1) is 13.3. The summed E-state index contributed by atoms with van der Waals surface area (Å²) in [7, 11) is 0. The summed E-state index contributed by atoms with van der Waals surface area (Å²) in [6, 6.07) is 10.2. The van der Waals surface area contributed by atoms with Crippen molar-refractivity contribution in [3.8, 4) is 5.75 Å². The number of benzene rings is 1. The van der Waals surface area contributed by atoms with Gasteiger partial charge in [-0.05, 0) is 36.8 Å². The van der Waals surface area contributed by atoms with Gasteiger partial charge in [0.2, 0.25) is 5.91 Å². The van der Waals surface area contributed by atoms with Crippen LogP contribution in [0.3, 0.4) is 0 Å². The van der Waals surface area contributed by atoms with Gasteiger partial charge >= 0.3 is 6.18 Å². The van der Waals surface area contributed by atoms with Crippen LogP contribution >= 0.6 is 0 Å². The van der Waals surface area contributed by atoms with E-state index in [1.807, 2.05) is 30.5 Å². The lowest BCUT2D eigenvalue weighted by atomic mass is 10.1. The number of aromatic amines is 1. The maximum absolute atomic E-state index is 12.2. The van der Waals surface area contributed by atoms with Crippen LogP contribution in [0.1, 0.15) is 24.2 Å². The Kier molecular flexibility index (Phi) is 5.67. The average Bonchev–Trinajstić information content (AvgIpc) is 3.08. The van der Waals surface area contributed by atoms with E-state index < -0.39 is 18.8 Å². The number of fused-ring (bicyclic) bond motifs is 1. The van der Waals surface area contributed by atoms with Crippen LogP contribution in [0, 0.1) is 0 Å². The fourth-order valence-corrected chi connectivity index (χ4v) is 2.63. The summed E-state index contributed by atoms with van der Waals surface area (Å²) >= 11 is 0. The number of rotatable bonds is 6. The normalized spacial score (nSPS) is 13.0. The molecule has 0 spiro atoms. The van der Waals surface area contributed by atoms with Gasteiger partial charge in [-0.15, -0.1) is 0 Å². The fourth-order valence-electron chi connectivity index (χ4n) is 2.63. The zero-order valence-corrected chi connectivity index (χ0v) is 15.0. The van der Waals surface area contributed by atoms with Crippen LogP contribution in [0.5, 0.6) is 5.75 Å². The van der Waals surface area contributed by atoms with Crippen LogP contribution in [-0.4, -0.2) is 28.7 Å². The second-order valence-electron chi connectivity index (χ2n) is 6.18. The number of hydrogen-bond donors (Lipinski definition) is 2. The van der Waals surface area contributed by atoms with Crippen molar-refractivity contribution < 1.29 is 22.7 Å². The molecule has 0 aliphatic rings. The zero-order valence-electron chi connectivity index (χ0n) is 15.0. The molecule has 0 radical (unpaired) electrons. The molecule has 1 aromatic carbocycles. The second kappa shape index (κ2) is 8.16. The maximum Gasteiger partial charge on any atom is 0.422 e. The van der Waals surface area contributed by atoms with E-state index in [4.69, 9.17) is 0 Å². The topological polar surface area (TPSA) is 67.0 Å². The fraction of sp³-hybridized carbons (Fsp3) is 0.200. The highest BCUT2D eigenvalue weighted by Crippen LogP contribution is 2.20. The molecule has 28 heavy (non-hydrogen) atoms. The predicted molar refractivity (Wildman–Crippen MR) is 99.7 cm³/mol. The lowest BCUT2D eigenvalue weighted by molar-refractivity contribution is -0.153. The van der Waals surface area contributed by atoms with Crippen molar-refractivity contribution in [3.05, 3.63) is 66.1 Å². The van der Waals surface area contributed by atoms with Crippen LogP contribution in [0.15, 0.2) is 54.9 Å². The lowest BCUT2D eigenvalue weighted by Gasteiger charge is -2.13. The molecule has 0 saturated carbocycles. The van der Waals surface area contributed by atoms with E-state index >= 15 is 0 Å². The van der Waals surface area contributed by atoms with Gasteiger partial charge in [-0.1, -0.05) is 18.2 Å². The van der Waals surface area contributed by atoms with E-state index in [1.54, 1.807) is 13.0 Å². The third-order valence-electron chi connectivity index (χ3n) is 4.00. The maximum atomic E-state index is 12.2. The van der Waals surface area contributed by atoms with E-state index in [0.29, 0.717) is 5.69 Å². The number of carbonyl (C=O) groups excluding carboxylic acids is 1. The summed E-state index contributed by atoms with van der Waals surface area (Å²) in [5, 5.41) is 3.77. The van der Waals surface area contributed by atoms with Crippen molar-refractivity contribution in [2.75, 3.05) is 6.61 Å². The van der Waals surface area contributed by atoms with Gasteiger partial charge in [-0.25, -0.2) is 0 Å². The number of aromatic nitrogens is 2. The number of nitrogens with one attached hydrogen (secondary N) is 2. The summed E-state index contributed by atoms with van der Waals surface area (Å²) in [4.78, 5) is 19.3. The molecular formula is C20H18F3N3O2. The van der Waals surface area contributed by atoms with Crippen molar-refractivity contribution >= 4 is 22.9 Å². The highest BCUT2D eigenvalue weighted by Gasteiger charge is 2.28. The number of pyridine rings is 1. The summed E-state index contributed by atoms with van der Waals surface area (Å²) in [5.41, 5.74) is 2.38. The van der Waals surface area contributed by atoms with E-state index in [9.17, 15) is 18.0 Å². The third-order valence-corrected chi connectivity index (χ3v) is 4.00. The van der Waals surface area contributed by atoms with E-state index in [-0.39, 0.29) is 11.7 Å². The minimum Gasteiger partial charge on any atom is -0.483 e. The molecule has 8 heteroatoms. The minimum absolute atomic E-state index is 0.0128. The summed E-state index contributed by atoms with van der Waals surface area (Å²) < 4.78 is 41.1. The largest absolute Gasteiger partial charge is 0.483 e. The van der Waals surface area contributed by atoms with E-state index in [2.05, 4.69) is 20.0 Å². The highest BCUT2D eigenvalue weighted by molar-refractivity contribution is 5.96. The second-order valence-corrected chi connectivity index (χ2v) is 6.18. The van der Waals surface area contributed by atoms with Gasteiger partial charge in [0, 0.05) is 23.2 Å². The van der Waals surface area contributed by atoms with Gasteiger partial charge < -0.3 is 15.0 Å². The highest BCUT2D eigenvalue weighted by atomic mass is 19.4. The van der Waals surface area contributed by atoms with Crippen molar-refractivity contribution in [3.63, 3.8) is 0 Å². The Morgan fingerprint density at radius 2 is 2.07 bits per heavy atom. The van der Waals surface area contributed by atoms with E-state index in [1.165, 1.54) is 24.4 Å². The van der Waals surface area contributed by atoms with Gasteiger partial charge in [0.05, 0.1) is 17.9 Å². The molecule has 5 nitrogen and oxygen atoms in total. The lowest BCUT2D eigenvalue weighted by Crippen LogP contribution is -2.25. The zero-order chi connectivity index (χ0) is 20.1. The smallest absolute Gasteiger partial charge is 0.422 e. The molecule has 0 saturated heterocycles. The first-order valence-corrected chi connectivity index (χ1v) is 8.52. The van der Waals surface area contributed by atoms with E-state index in [0.717, 1.165) is 16.5 Å². The van der Waals surface area contributed by atoms with Crippen molar-refractivity contribution in [2.24, 2.45) is 0 Å². The van der Waals surface area contributed by atoms with Crippen molar-refractivity contribution in [2.45, 2.75) is 19.1 Å². The van der Waals surface area contributed by atoms with Gasteiger partial charge in [0.1, 0.15) is 5.75 Å². The number of hydrogen-bond acceptors (Lipinski definition) is 3. The number of ether oxygens (including phenoxy) is 1. The standard InChI is InChI=1S/C20H18F3N3O2/c1-13(17-8-7-15(11-25-17)28-12-20(21,22)23)26-19(27)9-6-14-10-24-18-5-3-2-4-16(14)18/h2-11,13,24H,12H2,1H3,(H,26,27)/t13-/m1/s1. The quantitative estimate of drug-likeness (QED) is 0.615. The summed E-state index contributed by atoms with van der Waals surface area (Å²) in [6.45, 7) is 0.356. The molecule has 3 aromatic rings. The molecule has 146 valence electrons. The van der Waals surface area contributed by atoms with Crippen LogP contribution < -0.4 is 10.1 Å². The van der Waals surface area contributed by atoms with Crippen molar-refractivity contribution in [1.82, 2.24) is 15.3 Å². The Morgan fingerprint density at radius 3 is 2.79 bits per heavy atom. The Bertz CT molecular complexity index is 978. The van der Waals surface area contributed by atoms with Gasteiger partial charge in [0.15, 0.2) is 6.61 Å². The molecular weight excluding hydrogens is 371 g/mol. The molecule has 2 aromatic heterocycles. The number of amides is 1. The molecule has 0 aliphatic heterocycles. The minimum atomic E-state index is -4.41. The number of para-hydroxylation sites is 1. The molecule has 3 rings (SSSR count). The first-order valence-electron chi connectivity index (χ1n) is 8.52. The van der Waals surface area contributed by atoms with Crippen LogP contribution in [0.2, 0.25) is 0 Å². The SMILES string of the molecule is C[C@@H](NC(=O)C=Cc1c[nH]c2ccccc12)c1ccc(OCC(F)(F)F)cn1. The van der Waals surface area contributed by atoms with Crippen LogP contribution in [0.25, 0.3) is 17.0 Å². The molecule has 0 unspecified atom stereocenters. The number of halogens is 3. The number of nitrogens with zero attached hydrogens (tertiary/aromatic N) is 1. The summed E-state index contributed by atoms with van der Waals surface area (Å²) in [5.74, 6) is -0.296. The first kappa shape index (κ1) is 19.5. The molecule has 1 atom stereocenters. The Labute approximate surface area is 159 Å².